The lowest BCUT2D eigenvalue weighted by Crippen LogP contribution is -2.48. The molecule has 1 amide bonds. The molecule has 5 rings (SSSR count). The lowest BCUT2D eigenvalue weighted by Gasteiger charge is -2.34. The maximum atomic E-state index is 13.1. The fourth-order valence-corrected chi connectivity index (χ4v) is 4.46. The summed E-state index contributed by atoms with van der Waals surface area (Å²) in [4.78, 5) is 25.8. The van der Waals surface area contributed by atoms with Crippen LogP contribution in [0.5, 0.6) is 0 Å². The number of fused-ring (bicyclic) bond motifs is 1. The van der Waals surface area contributed by atoms with Crippen LogP contribution in [0.15, 0.2) is 61.1 Å². The summed E-state index contributed by atoms with van der Waals surface area (Å²) >= 11 is 12.3. The predicted molar refractivity (Wildman–Crippen MR) is 124 cm³/mol. The van der Waals surface area contributed by atoms with Crippen molar-refractivity contribution in [1.29, 1.82) is 0 Å². The molecule has 0 aliphatic carbocycles. The average Bonchev–Trinajstić information content (AvgIpc) is 3.24. The zero-order valence-corrected chi connectivity index (χ0v) is 18.7. The number of nitrogens with zero attached hydrogens (tertiary/aromatic N) is 6. The molecule has 4 heterocycles. The molecule has 0 unspecified atom stereocenters. The minimum absolute atomic E-state index is 0.0888. The second kappa shape index (κ2) is 8.86. The topological polar surface area (TPSA) is 66.6 Å². The Bertz CT molecular complexity index is 1250. The summed E-state index contributed by atoms with van der Waals surface area (Å²) in [7, 11) is 0. The van der Waals surface area contributed by atoms with Gasteiger partial charge in [-0.2, -0.15) is 5.10 Å². The maximum Gasteiger partial charge on any atom is 0.274 e. The predicted octanol–water partition coefficient (Wildman–Crippen LogP) is 4.06. The lowest BCUT2D eigenvalue weighted by molar-refractivity contribution is 0.0622. The van der Waals surface area contributed by atoms with E-state index in [9.17, 15) is 4.79 Å². The molecule has 9 heteroatoms. The Morgan fingerprint density at radius 2 is 1.62 bits per heavy atom. The normalized spacial score (nSPS) is 14.8. The highest BCUT2D eigenvalue weighted by atomic mass is 35.5. The zero-order valence-electron chi connectivity index (χ0n) is 17.2. The minimum atomic E-state index is -0.0888. The molecule has 1 aromatic carbocycles. The van der Waals surface area contributed by atoms with Crippen molar-refractivity contribution in [2.75, 3.05) is 26.2 Å². The maximum absolute atomic E-state index is 13.1. The molecule has 7 nitrogen and oxygen atoms in total. The molecule has 0 atom stereocenters. The molecule has 4 aromatic rings. The van der Waals surface area contributed by atoms with Gasteiger partial charge in [0.05, 0.1) is 5.69 Å². The van der Waals surface area contributed by atoms with E-state index in [2.05, 4.69) is 20.0 Å². The number of carbonyl (C=O) groups is 1. The van der Waals surface area contributed by atoms with Gasteiger partial charge in [0.1, 0.15) is 0 Å². The molecule has 1 aliphatic rings. The zero-order chi connectivity index (χ0) is 22.1. The Labute approximate surface area is 195 Å². The van der Waals surface area contributed by atoms with Gasteiger partial charge in [-0.05, 0) is 42.0 Å². The third-order valence-corrected chi connectivity index (χ3v) is 5.99. The third-order valence-electron chi connectivity index (χ3n) is 5.55. The molecular formula is C23H20Cl2N6O. The number of halogens is 2. The minimum Gasteiger partial charge on any atom is -0.335 e. The molecule has 3 aromatic heterocycles. The number of piperazine rings is 1. The van der Waals surface area contributed by atoms with Gasteiger partial charge in [-0.3, -0.25) is 14.7 Å². The van der Waals surface area contributed by atoms with Crippen molar-refractivity contribution in [2.24, 2.45) is 0 Å². The van der Waals surface area contributed by atoms with Crippen molar-refractivity contribution in [3.8, 4) is 11.3 Å². The molecule has 1 aliphatic heterocycles. The van der Waals surface area contributed by atoms with Gasteiger partial charge in [-0.1, -0.05) is 23.2 Å². The van der Waals surface area contributed by atoms with Crippen LogP contribution in [-0.2, 0) is 6.54 Å². The first-order chi connectivity index (χ1) is 15.6. The first-order valence-electron chi connectivity index (χ1n) is 10.3. The molecule has 0 N–H and O–H groups in total. The molecule has 0 radical (unpaired) electrons. The first-order valence-corrected chi connectivity index (χ1v) is 11.0. The van der Waals surface area contributed by atoms with Crippen LogP contribution in [0, 0.1) is 0 Å². The van der Waals surface area contributed by atoms with Crippen LogP contribution in [0.4, 0.5) is 0 Å². The molecule has 1 saturated heterocycles. The number of benzene rings is 1. The van der Waals surface area contributed by atoms with Gasteiger partial charge in [0.2, 0.25) is 0 Å². The number of hydrogen-bond acceptors (Lipinski definition) is 5. The Morgan fingerprint density at radius 3 is 2.34 bits per heavy atom. The monoisotopic (exact) mass is 466 g/mol. The SMILES string of the molecule is O=C(c1cc2nccc(-c3cc(Cl)cc(Cl)c3)n2n1)N1CCN(Cc2ccncc2)CC1. The molecule has 32 heavy (non-hydrogen) atoms. The van der Waals surface area contributed by atoms with E-state index < -0.39 is 0 Å². The van der Waals surface area contributed by atoms with E-state index in [-0.39, 0.29) is 5.91 Å². The second-order valence-electron chi connectivity index (χ2n) is 7.71. The van der Waals surface area contributed by atoms with E-state index in [0.29, 0.717) is 34.5 Å². The molecule has 162 valence electrons. The van der Waals surface area contributed by atoms with E-state index in [1.165, 1.54) is 5.56 Å². The van der Waals surface area contributed by atoms with Crippen LogP contribution >= 0.6 is 23.2 Å². The number of aromatic nitrogens is 4. The van der Waals surface area contributed by atoms with Crippen LogP contribution in [0.3, 0.4) is 0 Å². The van der Waals surface area contributed by atoms with Crippen molar-refractivity contribution in [1.82, 2.24) is 29.4 Å². The van der Waals surface area contributed by atoms with E-state index in [0.717, 1.165) is 30.9 Å². The van der Waals surface area contributed by atoms with Gasteiger partial charge < -0.3 is 4.90 Å². The molecule has 0 spiro atoms. The Hall–Kier alpha value is -3.00. The summed E-state index contributed by atoms with van der Waals surface area (Å²) < 4.78 is 1.66. The van der Waals surface area contributed by atoms with Crippen LogP contribution in [0.2, 0.25) is 10.0 Å². The molecule has 0 saturated carbocycles. The highest BCUT2D eigenvalue weighted by molar-refractivity contribution is 6.35. The van der Waals surface area contributed by atoms with Gasteiger partial charge in [0, 0.05) is 73.0 Å². The van der Waals surface area contributed by atoms with E-state index in [1.807, 2.05) is 35.2 Å². The number of carbonyl (C=O) groups excluding carboxylic acids is 1. The fraction of sp³-hybridized carbons (Fsp3) is 0.217. The smallest absolute Gasteiger partial charge is 0.274 e. The summed E-state index contributed by atoms with van der Waals surface area (Å²) in [6.07, 6.45) is 5.30. The quantitative estimate of drug-likeness (QED) is 0.453. The number of amides is 1. The third kappa shape index (κ3) is 4.32. The van der Waals surface area contributed by atoms with Crippen molar-refractivity contribution in [3.05, 3.63) is 82.4 Å². The number of rotatable bonds is 4. The van der Waals surface area contributed by atoms with Crippen molar-refractivity contribution < 1.29 is 4.79 Å². The van der Waals surface area contributed by atoms with E-state index in [4.69, 9.17) is 23.2 Å². The summed E-state index contributed by atoms with van der Waals surface area (Å²) in [6.45, 7) is 3.79. The first kappa shape index (κ1) is 20.9. The van der Waals surface area contributed by atoms with Crippen molar-refractivity contribution in [2.45, 2.75) is 6.54 Å². The van der Waals surface area contributed by atoms with Gasteiger partial charge in [0.25, 0.3) is 5.91 Å². The summed E-state index contributed by atoms with van der Waals surface area (Å²) in [5.41, 5.74) is 3.76. The van der Waals surface area contributed by atoms with Crippen LogP contribution < -0.4 is 0 Å². The van der Waals surface area contributed by atoms with E-state index in [1.54, 1.807) is 35.2 Å². The molecular weight excluding hydrogens is 447 g/mol. The largest absolute Gasteiger partial charge is 0.335 e. The second-order valence-corrected chi connectivity index (χ2v) is 8.58. The summed E-state index contributed by atoms with van der Waals surface area (Å²) in [5, 5.41) is 5.63. The average molecular weight is 467 g/mol. The molecule has 1 fully saturated rings. The van der Waals surface area contributed by atoms with Crippen LogP contribution in [0.1, 0.15) is 16.1 Å². The highest BCUT2D eigenvalue weighted by Gasteiger charge is 2.24. The number of pyridine rings is 1. The van der Waals surface area contributed by atoms with Crippen molar-refractivity contribution in [3.63, 3.8) is 0 Å². The summed E-state index contributed by atoms with van der Waals surface area (Å²) in [5.74, 6) is -0.0888. The Kier molecular flexibility index (Phi) is 5.78. The Morgan fingerprint density at radius 1 is 0.906 bits per heavy atom. The van der Waals surface area contributed by atoms with Crippen molar-refractivity contribution >= 4 is 34.8 Å². The van der Waals surface area contributed by atoms with Gasteiger partial charge >= 0.3 is 0 Å². The van der Waals surface area contributed by atoms with Crippen LogP contribution in [-0.4, -0.2) is 61.5 Å². The molecule has 0 bridgehead atoms. The summed E-state index contributed by atoms with van der Waals surface area (Å²) in [6, 6.07) is 12.9. The van der Waals surface area contributed by atoms with Gasteiger partial charge in [-0.25, -0.2) is 9.50 Å². The fourth-order valence-electron chi connectivity index (χ4n) is 3.94. The number of hydrogen-bond donors (Lipinski definition) is 0. The Balaban J connectivity index is 1.33. The highest BCUT2D eigenvalue weighted by Crippen LogP contribution is 2.27. The van der Waals surface area contributed by atoms with Gasteiger partial charge in [-0.15, -0.1) is 0 Å². The van der Waals surface area contributed by atoms with Crippen LogP contribution in [0.25, 0.3) is 16.9 Å². The van der Waals surface area contributed by atoms with Gasteiger partial charge in [0.15, 0.2) is 11.3 Å². The lowest BCUT2D eigenvalue weighted by atomic mass is 10.1. The van der Waals surface area contributed by atoms with E-state index >= 15 is 0 Å². The standard InChI is InChI=1S/C23H20Cl2N6O/c24-18-11-17(12-19(25)13-18)21-3-6-27-22-14-20(28-31(21)22)23(32)30-9-7-29(8-10-30)15-16-1-4-26-5-2-16/h1-6,11-14H,7-10,15H2.